The molecule has 0 fully saturated rings. The van der Waals surface area contributed by atoms with E-state index in [-0.39, 0.29) is 5.03 Å². The van der Waals surface area contributed by atoms with Crippen molar-refractivity contribution in [2.45, 2.75) is 11.9 Å². The number of benzene rings is 1. The van der Waals surface area contributed by atoms with Gasteiger partial charge in [0.15, 0.2) is 5.03 Å². The van der Waals surface area contributed by atoms with Gasteiger partial charge >= 0.3 is 0 Å². The molecule has 0 aliphatic rings. The summed E-state index contributed by atoms with van der Waals surface area (Å²) in [4.78, 5) is 0. The molecule has 1 heterocycles. The van der Waals surface area contributed by atoms with Crippen molar-refractivity contribution in [1.29, 1.82) is 0 Å². The lowest BCUT2D eigenvalue weighted by Crippen LogP contribution is -2.05. The summed E-state index contributed by atoms with van der Waals surface area (Å²) in [5.41, 5.74) is 1.45. The predicted octanol–water partition coefficient (Wildman–Crippen LogP) is 2.76. The molecule has 90 valence electrons. The normalized spacial score (nSPS) is 11.7. The first-order valence-electron chi connectivity index (χ1n) is 4.65. The van der Waals surface area contributed by atoms with Gasteiger partial charge in [-0.05, 0) is 30.7 Å². The number of halogens is 2. The molecule has 0 saturated heterocycles. The summed E-state index contributed by atoms with van der Waals surface area (Å²) in [5, 5.41) is 4.22. The number of aromatic nitrogens is 2. The highest BCUT2D eigenvalue weighted by molar-refractivity contribution is 8.13. The van der Waals surface area contributed by atoms with Gasteiger partial charge in [-0.1, -0.05) is 17.7 Å². The van der Waals surface area contributed by atoms with Crippen molar-refractivity contribution in [1.82, 2.24) is 9.78 Å². The molecule has 0 aliphatic heterocycles. The minimum absolute atomic E-state index is 0.107. The lowest BCUT2D eigenvalue weighted by molar-refractivity contribution is 0.600. The third-order valence-corrected chi connectivity index (χ3v) is 3.77. The molecule has 2 rings (SSSR count). The van der Waals surface area contributed by atoms with E-state index in [0.717, 1.165) is 5.56 Å². The molecule has 0 radical (unpaired) electrons. The first-order valence-corrected chi connectivity index (χ1v) is 7.33. The summed E-state index contributed by atoms with van der Waals surface area (Å²) in [6, 6.07) is 6.55. The smallest absolute Gasteiger partial charge is 0.219 e. The van der Waals surface area contributed by atoms with Crippen LogP contribution in [0.25, 0.3) is 5.69 Å². The molecule has 17 heavy (non-hydrogen) atoms. The molecule has 0 atom stereocenters. The van der Waals surface area contributed by atoms with Crippen LogP contribution in [0, 0.1) is 6.92 Å². The second-order valence-corrected chi connectivity index (χ2v) is 6.39. The Balaban J connectivity index is 2.66. The van der Waals surface area contributed by atoms with E-state index in [1.807, 2.05) is 13.0 Å². The van der Waals surface area contributed by atoms with E-state index in [9.17, 15) is 8.42 Å². The first-order chi connectivity index (χ1) is 7.89. The van der Waals surface area contributed by atoms with Crippen molar-refractivity contribution in [3.05, 3.63) is 41.0 Å². The Morgan fingerprint density at radius 1 is 1.29 bits per heavy atom. The lowest BCUT2D eigenvalue weighted by atomic mass is 10.2. The summed E-state index contributed by atoms with van der Waals surface area (Å²) in [7, 11) is 1.46. The van der Waals surface area contributed by atoms with E-state index in [1.54, 1.807) is 12.1 Å². The summed E-state index contributed by atoms with van der Waals surface area (Å²) < 4.78 is 23.9. The van der Waals surface area contributed by atoms with E-state index in [2.05, 4.69) is 5.10 Å². The fourth-order valence-corrected chi connectivity index (χ4v) is 2.68. The Morgan fingerprint density at radius 3 is 2.59 bits per heavy atom. The molecule has 4 nitrogen and oxygen atoms in total. The van der Waals surface area contributed by atoms with Gasteiger partial charge in [0.1, 0.15) is 0 Å². The van der Waals surface area contributed by atoms with Gasteiger partial charge in [-0.2, -0.15) is 5.10 Å². The van der Waals surface area contributed by atoms with Crippen molar-refractivity contribution in [3.8, 4) is 5.69 Å². The van der Waals surface area contributed by atoms with Crippen LogP contribution in [-0.2, 0) is 9.05 Å². The molecule has 1 aromatic heterocycles. The van der Waals surface area contributed by atoms with Crippen LogP contribution in [0.4, 0.5) is 0 Å². The van der Waals surface area contributed by atoms with Crippen LogP contribution >= 0.6 is 22.3 Å². The van der Waals surface area contributed by atoms with Crippen molar-refractivity contribution in [2.75, 3.05) is 0 Å². The van der Waals surface area contributed by atoms with Gasteiger partial charge in [0.2, 0.25) is 0 Å². The molecule has 0 unspecified atom stereocenters. The number of hydrogen-bond acceptors (Lipinski definition) is 3. The minimum atomic E-state index is -3.85. The standard InChI is InChI=1S/C10H8Cl2N2O2S/c1-7-2-3-9(8(11)6-7)14-10(4-5-13-14)17(12,15)16/h2-6H,1H3. The van der Waals surface area contributed by atoms with E-state index in [4.69, 9.17) is 22.3 Å². The Hall–Kier alpha value is -1.04. The van der Waals surface area contributed by atoms with E-state index in [1.165, 1.54) is 16.9 Å². The fourth-order valence-electron chi connectivity index (χ4n) is 1.44. The topological polar surface area (TPSA) is 52.0 Å². The maximum atomic E-state index is 11.3. The summed E-state index contributed by atoms with van der Waals surface area (Å²) >= 11 is 6.04. The maximum absolute atomic E-state index is 11.3. The van der Waals surface area contributed by atoms with E-state index in [0.29, 0.717) is 10.7 Å². The molecule has 2 aromatic rings. The van der Waals surface area contributed by atoms with E-state index >= 15 is 0 Å². The van der Waals surface area contributed by atoms with Crippen molar-refractivity contribution >= 4 is 31.3 Å². The number of nitrogens with zero attached hydrogens (tertiary/aromatic N) is 2. The van der Waals surface area contributed by atoms with Crippen molar-refractivity contribution in [2.24, 2.45) is 0 Å². The molecule has 1 aromatic carbocycles. The maximum Gasteiger partial charge on any atom is 0.278 e. The minimum Gasteiger partial charge on any atom is -0.219 e. The van der Waals surface area contributed by atoms with Gasteiger partial charge in [0, 0.05) is 10.7 Å². The van der Waals surface area contributed by atoms with Gasteiger partial charge in [0.25, 0.3) is 9.05 Å². The molecule has 0 bridgehead atoms. The number of rotatable bonds is 2. The van der Waals surface area contributed by atoms with Crippen LogP contribution < -0.4 is 0 Å². The third-order valence-electron chi connectivity index (χ3n) is 2.19. The van der Waals surface area contributed by atoms with Crippen LogP contribution in [0.15, 0.2) is 35.5 Å². The molecule has 0 spiro atoms. The zero-order valence-electron chi connectivity index (χ0n) is 8.76. The highest BCUT2D eigenvalue weighted by Crippen LogP contribution is 2.25. The van der Waals surface area contributed by atoms with Crippen LogP contribution in [0.2, 0.25) is 5.02 Å². The molecule has 0 N–H and O–H groups in total. The molecule has 0 aliphatic carbocycles. The SMILES string of the molecule is Cc1ccc(-n2nccc2S(=O)(=O)Cl)c(Cl)c1. The first kappa shape index (κ1) is 12.4. The zero-order chi connectivity index (χ0) is 12.6. The highest BCUT2D eigenvalue weighted by Gasteiger charge is 2.18. The zero-order valence-corrected chi connectivity index (χ0v) is 11.1. The van der Waals surface area contributed by atoms with Gasteiger partial charge < -0.3 is 0 Å². The van der Waals surface area contributed by atoms with E-state index < -0.39 is 9.05 Å². The fraction of sp³-hybridized carbons (Fsp3) is 0.100. The average molecular weight is 291 g/mol. The highest BCUT2D eigenvalue weighted by atomic mass is 35.7. The predicted molar refractivity (Wildman–Crippen MR) is 66.3 cm³/mol. The van der Waals surface area contributed by atoms with Crippen molar-refractivity contribution < 1.29 is 8.42 Å². The van der Waals surface area contributed by atoms with Gasteiger partial charge in [0.05, 0.1) is 16.9 Å². The largest absolute Gasteiger partial charge is 0.278 e. The van der Waals surface area contributed by atoms with Gasteiger partial charge in [-0.15, -0.1) is 0 Å². The molecule has 7 heteroatoms. The van der Waals surface area contributed by atoms with Crippen LogP contribution in [0.3, 0.4) is 0 Å². The van der Waals surface area contributed by atoms with Crippen molar-refractivity contribution in [3.63, 3.8) is 0 Å². The quantitative estimate of drug-likeness (QED) is 0.799. The number of hydrogen-bond donors (Lipinski definition) is 0. The number of aryl methyl sites for hydroxylation is 1. The summed E-state index contributed by atoms with van der Waals surface area (Å²) in [6.45, 7) is 1.89. The monoisotopic (exact) mass is 290 g/mol. The van der Waals surface area contributed by atoms with Crippen LogP contribution in [-0.4, -0.2) is 18.2 Å². The second-order valence-electron chi connectivity index (χ2n) is 3.47. The average Bonchev–Trinajstić information content (AvgIpc) is 2.65. The van der Waals surface area contributed by atoms with Crippen LogP contribution in [0.1, 0.15) is 5.56 Å². The Kier molecular flexibility index (Phi) is 3.16. The third kappa shape index (κ3) is 2.46. The molecule has 0 amide bonds. The second kappa shape index (κ2) is 4.33. The summed E-state index contributed by atoms with van der Waals surface area (Å²) in [6.07, 6.45) is 1.35. The summed E-state index contributed by atoms with van der Waals surface area (Å²) in [5.74, 6) is 0. The Bertz CT molecular complexity index is 665. The molecule has 0 saturated carbocycles. The Labute approximate surface area is 108 Å². The van der Waals surface area contributed by atoms with Gasteiger partial charge in [-0.25, -0.2) is 13.1 Å². The van der Waals surface area contributed by atoms with Gasteiger partial charge in [-0.3, -0.25) is 0 Å². The van der Waals surface area contributed by atoms with Crippen LogP contribution in [0.5, 0.6) is 0 Å². The lowest BCUT2D eigenvalue weighted by Gasteiger charge is -2.07. The Morgan fingerprint density at radius 2 is 2.00 bits per heavy atom. The molecular formula is C10H8Cl2N2O2S. The molecular weight excluding hydrogens is 283 g/mol.